The maximum absolute atomic E-state index is 14.3. The number of hydrogen-bond donors (Lipinski definition) is 0. The third kappa shape index (κ3) is 5.31. The molecule has 11 heteroatoms. The molecule has 0 atom stereocenters. The number of carbonyl (C=O) groups is 1. The number of ether oxygens (including phenoxy) is 1. The van der Waals surface area contributed by atoms with E-state index in [2.05, 4.69) is 5.10 Å². The van der Waals surface area contributed by atoms with Crippen LogP contribution in [0.2, 0.25) is 10.0 Å². The Bertz CT molecular complexity index is 1270. The summed E-state index contributed by atoms with van der Waals surface area (Å²) < 4.78 is 47.2. The van der Waals surface area contributed by atoms with E-state index < -0.39 is 21.7 Å². The summed E-state index contributed by atoms with van der Waals surface area (Å²) in [5.74, 6) is -2.08. The Morgan fingerprint density at radius 3 is 2.42 bits per heavy atom. The fraction of sp³-hybridized carbons (Fsp3) is 0.273. The van der Waals surface area contributed by atoms with Crippen molar-refractivity contribution in [2.24, 2.45) is 0 Å². The minimum absolute atomic E-state index is 0.0734. The third-order valence-electron chi connectivity index (χ3n) is 4.86. The second-order valence-electron chi connectivity index (χ2n) is 7.23. The molecule has 0 unspecified atom stereocenters. The van der Waals surface area contributed by atoms with Gasteiger partial charge in [-0.15, -0.1) is 0 Å². The molecule has 0 saturated carbocycles. The van der Waals surface area contributed by atoms with Crippen LogP contribution in [-0.4, -0.2) is 37.0 Å². The van der Waals surface area contributed by atoms with Gasteiger partial charge in [0.05, 0.1) is 25.1 Å². The number of carbonyl (C=O) groups excluding carboxylic acids is 1. The fourth-order valence-electron chi connectivity index (χ4n) is 3.25. The molecule has 0 bridgehead atoms. The number of anilines is 1. The van der Waals surface area contributed by atoms with Crippen molar-refractivity contribution in [3.05, 3.63) is 75.3 Å². The van der Waals surface area contributed by atoms with E-state index >= 15 is 0 Å². The van der Waals surface area contributed by atoms with Crippen LogP contribution in [0.4, 0.5) is 10.1 Å². The highest BCUT2D eigenvalue weighted by Crippen LogP contribution is 2.28. The van der Waals surface area contributed by atoms with Crippen LogP contribution in [0.5, 0.6) is 5.75 Å². The van der Waals surface area contributed by atoms with Crippen molar-refractivity contribution in [3.8, 4) is 5.75 Å². The van der Waals surface area contributed by atoms with Crippen molar-refractivity contribution in [1.82, 2.24) is 9.78 Å². The largest absolute Gasteiger partial charge is 0.494 e. The lowest BCUT2D eigenvalue weighted by molar-refractivity contribution is 0.1000. The van der Waals surface area contributed by atoms with Gasteiger partial charge in [-0.05, 0) is 43.7 Å². The lowest BCUT2D eigenvalue weighted by atomic mass is 10.2. The number of aromatic nitrogens is 2. The van der Waals surface area contributed by atoms with Gasteiger partial charge in [0.2, 0.25) is 10.0 Å². The maximum atomic E-state index is 14.3. The minimum Gasteiger partial charge on any atom is -0.494 e. The summed E-state index contributed by atoms with van der Waals surface area (Å²) in [5, 5.41) is 5.16. The number of nitrogens with zero attached hydrogens (tertiary/aromatic N) is 3. The monoisotopic (exact) mass is 513 g/mol. The number of halogens is 3. The molecule has 1 amide bonds. The van der Waals surface area contributed by atoms with Gasteiger partial charge in [0.15, 0.2) is 17.3 Å². The molecule has 7 nitrogen and oxygen atoms in total. The summed E-state index contributed by atoms with van der Waals surface area (Å²) in [6.45, 7) is 3.56. The smallest absolute Gasteiger partial charge is 0.292 e. The first kappa shape index (κ1) is 25.0. The van der Waals surface area contributed by atoms with Crippen LogP contribution in [0.15, 0.2) is 42.5 Å². The Kier molecular flexibility index (Phi) is 7.66. The van der Waals surface area contributed by atoms with Crippen LogP contribution in [0.3, 0.4) is 0 Å². The predicted molar refractivity (Wildman–Crippen MR) is 126 cm³/mol. The highest BCUT2D eigenvalue weighted by Gasteiger charge is 2.32. The van der Waals surface area contributed by atoms with Gasteiger partial charge in [0.1, 0.15) is 0 Å². The van der Waals surface area contributed by atoms with E-state index in [0.717, 1.165) is 6.07 Å². The van der Waals surface area contributed by atoms with E-state index in [-0.39, 0.29) is 35.8 Å². The number of amides is 1. The molecule has 176 valence electrons. The number of aryl methyl sites for hydroxylation is 1. The minimum atomic E-state index is -4.10. The normalized spacial score (nSPS) is 11.5. The van der Waals surface area contributed by atoms with Gasteiger partial charge in [-0.3, -0.25) is 9.48 Å². The van der Waals surface area contributed by atoms with Gasteiger partial charge < -0.3 is 4.74 Å². The summed E-state index contributed by atoms with van der Waals surface area (Å²) in [5.41, 5.74) is 0.932. The van der Waals surface area contributed by atoms with Crippen molar-refractivity contribution in [2.75, 3.05) is 17.2 Å². The molecule has 1 aromatic heterocycles. The molecule has 0 aliphatic heterocycles. The van der Waals surface area contributed by atoms with E-state index in [4.69, 9.17) is 27.9 Å². The third-order valence-corrected chi connectivity index (χ3v) is 7.43. The van der Waals surface area contributed by atoms with Gasteiger partial charge in [-0.25, -0.2) is 17.1 Å². The summed E-state index contributed by atoms with van der Waals surface area (Å²) in [6, 6.07) is 10.0. The maximum Gasteiger partial charge on any atom is 0.292 e. The summed E-state index contributed by atoms with van der Waals surface area (Å²) in [6.07, 6.45) is 0.267. The van der Waals surface area contributed by atoms with E-state index in [1.165, 1.54) is 30.0 Å². The Morgan fingerprint density at radius 2 is 1.85 bits per heavy atom. The van der Waals surface area contributed by atoms with Gasteiger partial charge in [-0.1, -0.05) is 36.2 Å². The molecule has 2 aromatic carbocycles. The zero-order valence-corrected chi connectivity index (χ0v) is 20.5. The first-order valence-corrected chi connectivity index (χ1v) is 12.3. The fourth-order valence-corrected chi connectivity index (χ4v) is 5.24. The van der Waals surface area contributed by atoms with Gasteiger partial charge >= 0.3 is 0 Å². The average Bonchev–Trinajstić information content (AvgIpc) is 3.11. The molecule has 0 radical (unpaired) electrons. The van der Waals surface area contributed by atoms with E-state index in [1.54, 1.807) is 32.0 Å². The molecule has 0 aliphatic rings. The second kappa shape index (κ2) is 10.1. The topological polar surface area (TPSA) is 81.5 Å². The Morgan fingerprint density at radius 1 is 1.18 bits per heavy atom. The molecule has 3 rings (SSSR count). The number of methoxy groups -OCH3 is 1. The number of rotatable bonds is 8. The SMILES string of the molecule is CCCS(=O)(=O)N(C(=O)c1cc(C)n(Cc2c(Cl)cccc2Cl)n1)c1ccc(OC)c(F)c1. The molecular formula is C22H22Cl2FN3O4S. The summed E-state index contributed by atoms with van der Waals surface area (Å²) in [7, 11) is -2.81. The molecular weight excluding hydrogens is 492 g/mol. The first-order valence-electron chi connectivity index (χ1n) is 9.97. The van der Waals surface area contributed by atoms with Crippen LogP contribution in [0.25, 0.3) is 0 Å². The van der Waals surface area contributed by atoms with Crippen LogP contribution in [-0.2, 0) is 16.6 Å². The van der Waals surface area contributed by atoms with E-state index in [0.29, 0.717) is 25.6 Å². The van der Waals surface area contributed by atoms with Crippen LogP contribution < -0.4 is 9.04 Å². The highest BCUT2D eigenvalue weighted by atomic mass is 35.5. The van der Waals surface area contributed by atoms with Crippen LogP contribution >= 0.6 is 23.2 Å². The second-order valence-corrected chi connectivity index (χ2v) is 9.98. The summed E-state index contributed by atoms with van der Waals surface area (Å²) >= 11 is 12.5. The molecule has 0 fully saturated rings. The molecule has 0 aliphatic carbocycles. The van der Waals surface area contributed by atoms with E-state index in [9.17, 15) is 17.6 Å². The Balaban J connectivity index is 2.04. The number of benzene rings is 2. The zero-order valence-electron chi connectivity index (χ0n) is 18.2. The zero-order chi connectivity index (χ0) is 24.3. The standard InChI is InChI=1S/C22H22Cl2FN3O4S/c1-4-10-33(30,31)28(15-8-9-21(32-3)19(25)12-15)22(29)20-11-14(2)27(26-20)13-16-17(23)6-5-7-18(16)24/h5-9,11-12H,4,10,13H2,1-3H3. The molecule has 0 N–H and O–H groups in total. The van der Waals surface area contributed by atoms with Gasteiger partial charge in [0.25, 0.3) is 5.91 Å². The molecule has 33 heavy (non-hydrogen) atoms. The van der Waals surface area contributed by atoms with Crippen LogP contribution in [0, 0.1) is 12.7 Å². The number of hydrogen-bond acceptors (Lipinski definition) is 5. The highest BCUT2D eigenvalue weighted by molar-refractivity contribution is 7.93. The van der Waals surface area contributed by atoms with Crippen molar-refractivity contribution in [3.63, 3.8) is 0 Å². The van der Waals surface area contributed by atoms with Crippen molar-refractivity contribution >= 4 is 44.8 Å². The molecule has 3 aromatic rings. The quantitative estimate of drug-likeness (QED) is 0.419. The molecule has 1 heterocycles. The van der Waals surface area contributed by atoms with Crippen molar-refractivity contribution in [1.29, 1.82) is 0 Å². The molecule has 0 spiro atoms. The molecule has 0 saturated heterocycles. The lowest BCUT2D eigenvalue weighted by Gasteiger charge is -2.22. The van der Waals surface area contributed by atoms with E-state index in [1.807, 2.05) is 0 Å². The Hall–Kier alpha value is -2.62. The number of sulfonamides is 1. The van der Waals surface area contributed by atoms with Gasteiger partial charge in [-0.2, -0.15) is 5.10 Å². The summed E-state index contributed by atoms with van der Waals surface area (Å²) in [4.78, 5) is 13.3. The van der Waals surface area contributed by atoms with Crippen LogP contribution in [0.1, 0.15) is 35.1 Å². The van der Waals surface area contributed by atoms with Crippen molar-refractivity contribution < 1.29 is 22.3 Å². The van der Waals surface area contributed by atoms with Crippen molar-refractivity contribution in [2.45, 2.75) is 26.8 Å². The first-order chi connectivity index (χ1) is 15.6. The van der Waals surface area contributed by atoms with Gasteiger partial charge in [0, 0.05) is 27.4 Å². The lowest BCUT2D eigenvalue weighted by Crippen LogP contribution is -2.39. The average molecular weight is 514 g/mol. The predicted octanol–water partition coefficient (Wildman–Crippen LogP) is 5.08. The Labute approximate surface area is 201 Å².